The van der Waals surface area contributed by atoms with E-state index in [1.54, 1.807) is 13.0 Å². The van der Waals surface area contributed by atoms with Crippen LogP contribution in [-0.2, 0) is 4.74 Å². The van der Waals surface area contributed by atoms with E-state index in [1.807, 2.05) is 17.5 Å². The minimum absolute atomic E-state index is 0.000745. The van der Waals surface area contributed by atoms with E-state index in [4.69, 9.17) is 13.9 Å². The summed E-state index contributed by atoms with van der Waals surface area (Å²) < 4.78 is 15.8. The molecule has 7 nitrogen and oxygen atoms in total. The van der Waals surface area contributed by atoms with Gasteiger partial charge < -0.3 is 19.0 Å². The molecule has 0 aliphatic carbocycles. The van der Waals surface area contributed by atoms with Gasteiger partial charge in [0.2, 0.25) is 0 Å². The number of methoxy groups -OCH3 is 1. The third-order valence-electron chi connectivity index (χ3n) is 3.23. The van der Waals surface area contributed by atoms with E-state index >= 15 is 0 Å². The lowest BCUT2D eigenvalue weighted by atomic mass is 10.2. The average Bonchev–Trinajstić information content (AvgIpc) is 3.26. The molecule has 3 aromatic rings. The van der Waals surface area contributed by atoms with Crippen molar-refractivity contribution in [2.24, 2.45) is 0 Å². The predicted octanol–water partition coefficient (Wildman–Crippen LogP) is 3.43. The van der Waals surface area contributed by atoms with Gasteiger partial charge in [-0.2, -0.15) is 0 Å². The number of esters is 1. The van der Waals surface area contributed by atoms with Gasteiger partial charge in [0.25, 0.3) is 11.8 Å². The zero-order valence-corrected chi connectivity index (χ0v) is 13.7. The maximum atomic E-state index is 12.2. The number of rotatable bonds is 5. The summed E-state index contributed by atoms with van der Waals surface area (Å²) >= 11 is 1.47. The quantitative estimate of drug-likeness (QED) is 0.707. The molecule has 1 unspecified atom stereocenters. The molecule has 2 heterocycles. The van der Waals surface area contributed by atoms with Gasteiger partial charge in [0.05, 0.1) is 12.0 Å². The molecule has 0 aliphatic rings. The molecular weight excluding hydrogens is 332 g/mol. The molecule has 0 fully saturated rings. The fraction of sp³-hybridized carbons (Fsp3) is 0.188. The van der Waals surface area contributed by atoms with Crippen molar-refractivity contribution in [1.29, 1.82) is 0 Å². The number of ether oxygens (including phenoxy) is 2. The maximum absolute atomic E-state index is 12.2. The predicted molar refractivity (Wildman–Crippen MR) is 86.1 cm³/mol. The van der Waals surface area contributed by atoms with Crippen LogP contribution in [-0.4, -0.2) is 28.4 Å². The molecule has 0 bridgehead atoms. The summed E-state index contributed by atoms with van der Waals surface area (Å²) in [6.07, 6.45) is -0.760. The number of hydrogen-bond acceptors (Lipinski definition) is 8. The SMILES string of the molecule is COc1ccc(O)c(C(=O)OC(C)c2nnc(-c3cccs3)o2)c1. The van der Waals surface area contributed by atoms with Crippen molar-refractivity contribution >= 4 is 17.3 Å². The van der Waals surface area contributed by atoms with E-state index in [-0.39, 0.29) is 17.2 Å². The van der Waals surface area contributed by atoms with Crippen molar-refractivity contribution in [3.05, 3.63) is 47.2 Å². The van der Waals surface area contributed by atoms with E-state index < -0.39 is 12.1 Å². The van der Waals surface area contributed by atoms with Crippen LogP contribution < -0.4 is 4.74 Å². The number of thiophene rings is 1. The van der Waals surface area contributed by atoms with Crippen LogP contribution in [0, 0.1) is 0 Å². The molecule has 3 rings (SSSR count). The zero-order chi connectivity index (χ0) is 17.1. The number of aromatic nitrogens is 2. The second-order valence-electron chi connectivity index (χ2n) is 4.85. The normalized spacial score (nSPS) is 11.9. The molecule has 0 saturated carbocycles. The van der Waals surface area contributed by atoms with E-state index in [2.05, 4.69) is 10.2 Å². The van der Waals surface area contributed by atoms with Crippen LogP contribution in [0.25, 0.3) is 10.8 Å². The molecule has 1 N–H and O–H groups in total. The van der Waals surface area contributed by atoms with E-state index in [1.165, 1.54) is 30.6 Å². The fourth-order valence-corrected chi connectivity index (χ4v) is 2.62. The van der Waals surface area contributed by atoms with Crippen molar-refractivity contribution in [2.45, 2.75) is 13.0 Å². The number of hydrogen-bond donors (Lipinski definition) is 1. The van der Waals surface area contributed by atoms with Gasteiger partial charge in [-0.15, -0.1) is 21.5 Å². The topological polar surface area (TPSA) is 94.7 Å². The summed E-state index contributed by atoms with van der Waals surface area (Å²) in [5.41, 5.74) is -0.000745. The highest BCUT2D eigenvalue weighted by Gasteiger charge is 2.22. The number of phenolic OH excluding ortho intramolecular Hbond substituents is 1. The fourth-order valence-electron chi connectivity index (χ4n) is 1.98. The number of benzene rings is 1. The van der Waals surface area contributed by atoms with Crippen LogP contribution in [0.3, 0.4) is 0 Å². The highest BCUT2D eigenvalue weighted by molar-refractivity contribution is 7.13. The van der Waals surface area contributed by atoms with Crippen LogP contribution in [0.4, 0.5) is 0 Å². The van der Waals surface area contributed by atoms with Gasteiger partial charge in [-0.3, -0.25) is 0 Å². The van der Waals surface area contributed by atoms with Gasteiger partial charge in [-0.25, -0.2) is 4.79 Å². The minimum atomic E-state index is -0.760. The van der Waals surface area contributed by atoms with Crippen LogP contribution in [0.15, 0.2) is 40.1 Å². The average molecular weight is 346 g/mol. The van der Waals surface area contributed by atoms with Crippen molar-refractivity contribution in [2.75, 3.05) is 7.11 Å². The van der Waals surface area contributed by atoms with Crippen LogP contribution in [0.5, 0.6) is 11.5 Å². The Labute approximate surface area is 141 Å². The number of aromatic hydroxyl groups is 1. The Morgan fingerprint density at radius 3 is 2.88 bits per heavy atom. The first-order valence-corrected chi connectivity index (χ1v) is 7.91. The van der Waals surface area contributed by atoms with Crippen molar-refractivity contribution in [3.63, 3.8) is 0 Å². The zero-order valence-electron chi connectivity index (χ0n) is 12.9. The second-order valence-corrected chi connectivity index (χ2v) is 5.80. The molecule has 124 valence electrons. The summed E-state index contributed by atoms with van der Waals surface area (Å²) in [6.45, 7) is 1.61. The summed E-state index contributed by atoms with van der Waals surface area (Å²) in [5, 5.41) is 19.5. The molecule has 0 aliphatic heterocycles. The molecule has 0 radical (unpaired) electrons. The molecule has 0 amide bonds. The van der Waals surface area contributed by atoms with Crippen molar-refractivity contribution in [1.82, 2.24) is 10.2 Å². The Hall–Kier alpha value is -2.87. The number of nitrogens with zero attached hydrogens (tertiary/aromatic N) is 2. The van der Waals surface area contributed by atoms with Crippen LogP contribution in [0.2, 0.25) is 0 Å². The first-order valence-electron chi connectivity index (χ1n) is 7.03. The molecule has 1 aromatic carbocycles. The Bertz CT molecular complexity index is 844. The highest BCUT2D eigenvalue weighted by atomic mass is 32.1. The molecule has 0 spiro atoms. The summed E-state index contributed by atoms with van der Waals surface area (Å²) in [7, 11) is 1.47. The minimum Gasteiger partial charge on any atom is -0.507 e. The van der Waals surface area contributed by atoms with Gasteiger partial charge in [0, 0.05) is 0 Å². The summed E-state index contributed by atoms with van der Waals surface area (Å²) in [4.78, 5) is 13.1. The van der Waals surface area contributed by atoms with Gasteiger partial charge in [-0.05, 0) is 36.6 Å². The number of carbonyl (C=O) groups excluding carboxylic acids is 1. The van der Waals surface area contributed by atoms with E-state index in [9.17, 15) is 9.90 Å². The lowest BCUT2D eigenvalue weighted by Gasteiger charge is -2.11. The first-order chi connectivity index (χ1) is 11.6. The smallest absolute Gasteiger partial charge is 0.342 e. The summed E-state index contributed by atoms with van der Waals surface area (Å²) in [5.74, 6) is 0.0685. The Kier molecular flexibility index (Phi) is 4.48. The van der Waals surface area contributed by atoms with Gasteiger partial charge in [0.1, 0.15) is 17.1 Å². The number of carbonyl (C=O) groups is 1. The lowest BCUT2D eigenvalue weighted by Crippen LogP contribution is -2.10. The van der Waals surface area contributed by atoms with E-state index in [0.29, 0.717) is 11.6 Å². The van der Waals surface area contributed by atoms with Crippen molar-refractivity contribution < 1.29 is 23.8 Å². The standard InChI is InChI=1S/C16H14N2O5S/c1-9(14-17-18-15(23-14)13-4-3-7-24-13)22-16(20)11-8-10(21-2)5-6-12(11)19/h3-9,19H,1-2H3. The molecule has 1 atom stereocenters. The van der Waals surface area contributed by atoms with Gasteiger partial charge in [0.15, 0.2) is 6.10 Å². The molecule has 0 saturated heterocycles. The van der Waals surface area contributed by atoms with Gasteiger partial charge >= 0.3 is 5.97 Å². The Morgan fingerprint density at radius 2 is 2.17 bits per heavy atom. The maximum Gasteiger partial charge on any atom is 0.342 e. The third-order valence-corrected chi connectivity index (χ3v) is 4.09. The molecule has 2 aromatic heterocycles. The monoisotopic (exact) mass is 346 g/mol. The number of phenols is 1. The van der Waals surface area contributed by atoms with Crippen LogP contribution >= 0.6 is 11.3 Å². The van der Waals surface area contributed by atoms with Gasteiger partial charge in [-0.1, -0.05) is 6.07 Å². The first kappa shape index (κ1) is 16.0. The molecule has 8 heteroatoms. The largest absolute Gasteiger partial charge is 0.507 e. The lowest BCUT2D eigenvalue weighted by molar-refractivity contribution is 0.0276. The molecule has 24 heavy (non-hydrogen) atoms. The summed E-state index contributed by atoms with van der Waals surface area (Å²) in [6, 6.07) is 8.03. The third kappa shape index (κ3) is 3.23. The Balaban J connectivity index is 1.75. The Morgan fingerprint density at radius 1 is 1.33 bits per heavy atom. The second kappa shape index (κ2) is 6.71. The molecular formula is C16H14N2O5S. The van der Waals surface area contributed by atoms with Crippen molar-refractivity contribution in [3.8, 4) is 22.3 Å². The van der Waals surface area contributed by atoms with E-state index in [0.717, 1.165) is 4.88 Å². The highest BCUT2D eigenvalue weighted by Crippen LogP contribution is 2.28. The van der Waals surface area contributed by atoms with Crippen LogP contribution in [0.1, 0.15) is 29.3 Å².